The number of hydrogen-bond acceptors (Lipinski definition) is 5. The van der Waals surface area contributed by atoms with Gasteiger partial charge >= 0.3 is 0 Å². The minimum atomic E-state index is -3.75. The van der Waals surface area contributed by atoms with Crippen molar-refractivity contribution in [2.24, 2.45) is 0 Å². The Morgan fingerprint density at radius 3 is 2.30 bits per heavy atom. The molecule has 0 atom stereocenters. The van der Waals surface area contributed by atoms with Crippen LogP contribution >= 0.6 is 0 Å². The molecule has 0 aliphatic heterocycles. The van der Waals surface area contributed by atoms with Gasteiger partial charge in [0.05, 0.1) is 11.2 Å². The molecule has 0 unspecified atom stereocenters. The summed E-state index contributed by atoms with van der Waals surface area (Å²) >= 11 is 0. The second-order valence-corrected chi connectivity index (χ2v) is 7.90. The third-order valence-corrected chi connectivity index (χ3v) is 5.37. The quantitative estimate of drug-likeness (QED) is 0.479. The van der Waals surface area contributed by atoms with E-state index in [1.807, 2.05) is 0 Å². The molecule has 0 bridgehead atoms. The van der Waals surface area contributed by atoms with Crippen molar-refractivity contribution in [1.29, 1.82) is 0 Å². The van der Waals surface area contributed by atoms with E-state index in [0.29, 0.717) is 11.4 Å². The Kier molecular flexibility index (Phi) is 6.45. The second kappa shape index (κ2) is 9.21. The number of furan rings is 1. The zero-order chi connectivity index (χ0) is 21.6. The van der Waals surface area contributed by atoms with Crippen LogP contribution in [-0.2, 0) is 10.0 Å². The lowest BCUT2D eigenvalue weighted by molar-refractivity contribution is 0.0995. The molecular formula is C21H19N3O5S. The number of rotatable bonds is 8. The average Bonchev–Trinajstić information content (AvgIpc) is 3.28. The van der Waals surface area contributed by atoms with Crippen molar-refractivity contribution in [2.45, 2.75) is 4.90 Å². The standard InChI is InChI=1S/C21H19N3O5S/c1-2-11-22-30(27,28)18-9-3-6-15(13-18)20(25)23-16-7-4-8-17(14-16)24-21(26)19-10-5-12-29-19/h2-10,12-14,22H,1,11H2,(H,23,25)(H,24,26). The van der Waals surface area contributed by atoms with Crippen molar-refractivity contribution >= 4 is 33.2 Å². The SMILES string of the molecule is C=CCNS(=O)(=O)c1cccc(C(=O)Nc2cccc(NC(=O)c3ccco3)c2)c1. The number of benzene rings is 2. The fourth-order valence-electron chi connectivity index (χ4n) is 2.53. The van der Waals surface area contributed by atoms with Crippen LogP contribution in [0.15, 0.2) is 88.9 Å². The van der Waals surface area contributed by atoms with Gasteiger partial charge in [-0.2, -0.15) is 0 Å². The summed E-state index contributed by atoms with van der Waals surface area (Å²) < 4.78 is 31.9. The number of carbonyl (C=O) groups excluding carboxylic acids is 2. The maximum absolute atomic E-state index is 12.6. The highest BCUT2D eigenvalue weighted by molar-refractivity contribution is 7.89. The van der Waals surface area contributed by atoms with Crippen molar-refractivity contribution in [1.82, 2.24) is 4.72 Å². The molecule has 0 radical (unpaired) electrons. The second-order valence-electron chi connectivity index (χ2n) is 6.13. The van der Waals surface area contributed by atoms with E-state index in [2.05, 4.69) is 21.9 Å². The summed E-state index contributed by atoms with van der Waals surface area (Å²) in [6.07, 6.45) is 2.82. The normalized spacial score (nSPS) is 10.9. The Balaban J connectivity index is 1.73. The van der Waals surface area contributed by atoms with Crippen LogP contribution in [0.3, 0.4) is 0 Å². The molecule has 30 heavy (non-hydrogen) atoms. The summed E-state index contributed by atoms with van der Waals surface area (Å²) in [5.41, 5.74) is 1.05. The molecule has 0 saturated heterocycles. The fourth-order valence-corrected chi connectivity index (χ4v) is 3.58. The van der Waals surface area contributed by atoms with Gasteiger partial charge in [0.15, 0.2) is 5.76 Å². The van der Waals surface area contributed by atoms with Crippen LogP contribution in [0.1, 0.15) is 20.9 Å². The van der Waals surface area contributed by atoms with E-state index < -0.39 is 21.8 Å². The van der Waals surface area contributed by atoms with Crippen LogP contribution in [0.4, 0.5) is 11.4 Å². The van der Waals surface area contributed by atoms with Crippen LogP contribution in [0.25, 0.3) is 0 Å². The molecule has 3 rings (SSSR count). The van der Waals surface area contributed by atoms with E-state index in [-0.39, 0.29) is 22.8 Å². The van der Waals surface area contributed by atoms with E-state index in [1.54, 1.807) is 30.3 Å². The molecule has 154 valence electrons. The molecule has 2 amide bonds. The summed E-state index contributed by atoms with van der Waals surface area (Å²) in [5, 5.41) is 5.35. The van der Waals surface area contributed by atoms with Gasteiger partial charge in [0.1, 0.15) is 0 Å². The van der Waals surface area contributed by atoms with Crippen LogP contribution in [0.5, 0.6) is 0 Å². The van der Waals surface area contributed by atoms with Gasteiger partial charge in [0.2, 0.25) is 10.0 Å². The van der Waals surface area contributed by atoms with Crippen molar-refractivity contribution in [2.75, 3.05) is 17.2 Å². The highest BCUT2D eigenvalue weighted by Gasteiger charge is 2.16. The number of amides is 2. The lowest BCUT2D eigenvalue weighted by Crippen LogP contribution is -2.24. The zero-order valence-corrected chi connectivity index (χ0v) is 16.6. The highest BCUT2D eigenvalue weighted by atomic mass is 32.2. The van der Waals surface area contributed by atoms with Crippen LogP contribution < -0.4 is 15.4 Å². The minimum absolute atomic E-state index is 0.0311. The number of sulfonamides is 1. The van der Waals surface area contributed by atoms with E-state index in [4.69, 9.17) is 4.42 Å². The van der Waals surface area contributed by atoms with E-state index >= 15 is 0 Å². The third kappa shape index (κ3) is 5.22. The van der Waals surface area contributed by atoms with Gasteiger partial charge in [0, 0.05) is 23.5 Å². The van der Waals surface area contributed by atoms with Crippen molar-refractivity contribution in [3.8, 4) is 0 Å². The Morgan fingerprint density at radius 1 is 0.933 bits per heavy atom. The van der Waals surface area contributed by atoms with Gasteiger partial charge in [-0.15, -0.1) is 6.58 Å². The molecule has 8 nitrogen and oxygen atoms in total. The predicted molar refractivity (Wildman–Crippen MR) is 113 cm³/mol. The largest absolute Gasteiger partial charge is 0.459 e. The first-order chi connectivity index (χ1) is 14.4. The van der Waals surface area contributed by atoms with E-state index in [1.165, 1.54) is 42.7 Å². The monoisotopic (exact) mass is 425 g/mol. The molecule has 3 aromatic rings. The Morgan fingerprint density at radius 2 is 1.63 bits per heavy atom. The van der Waals surface area contributed by atoms with Gasteiger partial charge < -0.3 is 15.1 Å². The van der Waals surface area contributed by atoms with Crippen LogP contribution in [-0.4, -0.2) is 26.8 Å². The minimum Gasteiger partial charge on any atom is -0.459 e. The highest BCUT2D eigenvalue weighted by Crippen LogP contribution is 2.18. The fraction of sp³-hybridized carbons (Fsp3) is 0.0476. The Hall–Kier alpha value is -3.69. The number of hydrogen-bond donors (Lipinski definition) is 3. The Bertz CT molecular complexity index is 1170. The topological polar surface area (TPSA) is 118 Å². The molecule has 1 aromatic heterocycles. The predicted octanol–water partition coefficient (Wildman–Crippen LogP) is 3.25. The maximum atomic E-state index is 12.6. The molecule has 9 heteroatoms. The molecule has 0 aliphatic carbocycles. The number of carbonyl (C=O) groups is 2. The first-order valence-corrected chi connectivity index (χ1v) is 10.3. The summed E-state index contributed by atoms with van der Waals surface area (Å²) in [4.78, 5) is 24.6. The average molecular weight is 425 g/mol. The maximum Gasteiger partial charge on any atom is 0.291 e. The zero-order valence-electron chi connectivity index (χ0n) is 15.8. The number of anilines is 2. The Labute approximate surface area is 173 Å². The molecule has 0 spiro atoms. The first-order valence-electron chi connectivity index (χ1n) is 8.86. The van der Waals surface area contributed by atoms with E-state index in [9.17, 15) is 18.0 Å². The summed E-state index contributed by atoms with van der Waals surface area (Å²) in [6, 6.07) is 15.3. The van der Waals surface area contributed by atoms with Gasteiger partial charge in [-0.3, -0.25) is 9.59 Å². The molecule has 0 saturated carbocycles. The summed E-state index contributed by atoms with van der Waals surface area (Å²) in [6.45, 7) is 3.55. The smallest absolute Gasteiger partial charge is 0.291 e. The molecule has 1 heterocycles. The van der Waals surface area contributed by atoms with Gasteiger partial charge in [-0.25, -0.2) is 13.1 Å². The van der Waals surface area contributed by atoms with Crippen molar-refractivity contribution in [3.05, 3.63) is 90.9 Å². The van der Waals surface area contributed by atoms with Gasteiger partial charge in [0.25, 0.3) is 11.8 Å². The lowest BCUT2D eigenvalue weighted by atomic mass is 10.2. The van der Waals surface area contributed by atoms with Gasteiger partial charge in [-0.1, -0.05) is 18.2 Å². The summed E-state index contributed by atoms with van der Waals surface area (Å²) in [7, 11) is -3.75. The number of nitrogens with one attached hydrogen (secondary N) is 3. The third-order valence-electron chi connectivity index (χ3n) is 3.95. The van der Waals surface area contributed by atoms with Crippen LogP contribution in [0.2, 0.25) is 0 Å². The van der Waals surface area contributed by atoms with Crippen LogP contribution in [0, 0.1) is 0 Å². The lowest BCUT2D eigenvalue weighted by Gasteiger charge is -2.10. The molecule has 0 aliphatic rings. The molecular weight excluding hydrogens is 406 g/mol. The molecule has 2 aromatic carbocycles. The van der Waals surface area contributed by atoms with E-state index in [0.717, 1.165) is 0 Å². The first kappa shape index (κ1) is 21.0. The molecule has 3 N–H and O–H groups in total. The van der Waals surface area contributed by atoms with Crippen molar-refractivity contribution in [3.63, 3.8) is 0 Å². The van der Waals surface area contributed by atoms with Gasteiger partial charge in [-0.05, 0) is 48.5 Å². The molecule has 0 fully saturated rings. The summed E-state index contributed by atoms with van der Waals surface area (Å²) in [5.74, 6) is -0.758. The van der Waals surface area contributed by atoms with Crippen molar-refractivity contribution < 1.29 is 22.4 Å².